The number of nitrogens with one attached hydrogen (secondary N) is 2. The maximum absolute atomic E-state index is 12.3. The van der Waals surface area contributed by atoms with Gasteiger partial charge in [0.05, 0.1) is 19.3 Å². The van der Waals surface area contributed by atoms with Crippen molar-refractivity contribution in [2.24, 2.45) is 0 Å². The summed E-state index contributed by atoms with van der Waals surface area (Å²) in [5, 5.41) is 5.41. The van der Waals surface area contributed by atoms with Gasteiger partial charge >= 0.3 is 11.8 Å². The van der Waals surface area contributed by atoms with Crippen molar-refractivity contribution in [3.8, 4) is 0 Å². The van der Waals surface area contributed by atoms with Crippen LogP contribution in [-0.4, -0.2) is 63.7 Å². The minimum absolute atomic E-state index is 0.0245. The van der Waals surface area contributed by atoms with Crippen LogP contribution < -0.4 is 15.5 Å². The minimum atomic E-state index is -0.667. The fourth-order valence-corrected chi connectivity index (χ4v) is 3.32. The Bertz CT molecular complexity index is 803. The molecule has 0 radical (unpaired) electrons. The smallest absolute Gasteiger partial charge is 0.313 e. The summed E-state index contributed by atoms with van der Waals surface area (Å²) in [6.07, 6.45) is 0. The van der Waals surface area contributed by atoms with E-state index < -0.39 is 11.8 Å². The fourth-order valence-electron chi connectivity index (χ4n) is 3.32. The number of anilines is 2. The molecular weight excluding hydrogens is 368 g/mol. The van der Waals surface area contributed by atoms with Crippen LogP contribution in [0.25, 0.3) is 0 Å². The Morgan fingerprint density at radius 2 is 1.66 bits per heavy atom. The average molecular weight is 396 g/mol. The molecule has 2 aromatic rings. The highest BCUT2D eigenvalue weighted by molar-refractivity contribution is 6.39. The van der Waals surface area contributed by atoms with Crippen LogP contribution in [-0.2, 0) is 14.3 Å². The topological polar surface area (TPSA) is 73.9 Å². The van der Waals surface area contributed by atoms with E-state index in [1.807, 2.05) is 25.1 Å². The molecule has 1 aliphatic rings. The summed E-state index contributed by atoms with van der Waals surface area (Å²) in [5.41, 5.74) is 2.80. The first-order valence-corrected chi connectivity index (χ1v) is 9.78. The number of morpholine rings is 1. The number of amides is 2. The highest BCUT2D eigenvalue weighted by atomic mass is 16.5. The van der Waals surface area contributed by atoms with E-state index in [0.717, 1.165) is 24.3 Å². The van der Waals surface area contributed by atoms with Gasteiger partial charge < -0.3 is 20.3 Å². The molecule has 0 bridgehead atoms. The molecule has 1 fully saturated rings. The molecule has 7 heteroatoms. The quantitative estimate of drug-likeness (QED) is 0.730. The number of carbonyl (C=O) groups is 2. The summed E-state index contributed by atoms with van der Waals surface area (Å²) in [6, 6.07) is 17.2. The van der Waals surface area contributed by atoms with Crippen molar-refractivity contribution in [3.05, 3.63) is 60.2 Å². The zero-order valence-electron chi connectivity index (χ0n) is 16.9. The number of para-hydroxylation sites is 1. The van der Waals surface area contributed by atoms with Crippen LogP contribution in [0.1, 0.15) is 11.6 Å². The first-order valence-electron chi connectivity index (χ1n) is 9.78. The van der Waals surface area contributed by atoms with Gasteiger partial charge in [0.15, 0.2) is 0 Å². The summed E-state index contributed by atoms with van der Waals surface area (Å²) in [6.45, 7) is 3.24. The first kappa shape index (κ1) is 20.8. The van der Waals surface area contributed by atoms with Gasteiger partial charge in [-0.1, -0.05) is 30.3 Å². The predicted molar refractivity (Wildman–Crippen MR) is 114 cm³/mol. The second kappa shape index (κ2) is 10.0. The lowest BCUT2D eigenvalue weighted by atomic mass is 10.0. The van der Waals surface area contributed by atoms with Gasteiger partial charge in [0.2, 0.25) is 0 Å². The van der Waals surface area contributed by atoms with Crippen LogP contribution in [0.4, 0.5) is 11.4 Å². The Morgan fingerprint density at radius 1 is 1.00 bits per heavy atom. The van der Waals surface area contributed by atoms with E-state index in [1.54, 1.807) is 24.3 Å². The van der Waals surface area contributed by atoms with Crippen LogP contribution in [0.15, 0.2) is 54.6 Å². The van der Waals surface area contributed by atoms with E-state index >= 15 is 0 Å². The van der Waals surface area contributed by atoms with Crippen molar-refractivity contribution in [2.45, 2.75) is 6.04 Å². The van der Waals surface area contributed by atoms with Crippen LogP contribution in [0, 0.1) is 0 Å². The van der Waals surface area contributed by atoms with E-state index in [2.05, 4.69) is 39.8 Å². The van der Waals surface area contributed by atoms with E-state index in [0.29, 0.717) is 25.4 Å². The van der Waals surface area contributed by atoms with Crippen molar-refractivity contribution in [2.75, 3.05) is 57.2 Å². The van der Waals surface area contributed by atoms with Crippen molar-refractivity contribution in [3.63, 3.8) is 0 Å². The van der Waals surface area contributed by atoms with Gasteiger partial charge in [0, 0.05) is 45.1 Å². The van der Waals surface area contributed by atoms with Gasteiger partial charge in [-0.15, -0.1) is 0 Å². The first-order chi connectivity index (χ1) is 14.0. The Hall–Kier alpha value is -2.90. The van der Waals surface area contributed by atoms with Crippen LogP contribution in [0.5, 0.6) is 0 Å². The molecular formula is C22H28N4O3. The summed E-state index contributed by atoms with van der Waals surface area (Å²) in [5.74, 6) is -1.31. The van der Waals surface area contributed by atoms with Crippen molar-refractivity contribution in [1.29, 1.82) is 0 Å². The summed E-state index contributed by atoms with van der Waals surface area (Å²) in [4.78, 5) is 28.9. The second-order valence-corrected chi connectivity index (χ2v) is 7.18. The monoisotopic (exact) mass is 396 g/mol. The van der Waals surface area contributed by atoms with Gasteiger partial charge in [-0.3, -0.25) is 14.5 Å². The highest BCUT2D eigenvalue weighted by Crippen LogP contribution is 2.23. The fraction of sp³-hybridized carbons (Fsp3) is 0.364. The molecule has 0 saturated carbocycles. The molecule has 0 spiro atoms. The number of hydrogen-bond acceptors (Lipinski definition) is 5. The van der Waals surface area contributed by atoms with Crippen molar-refractivity contribution >= 4 is 23.2 Å². The highest BCUT2D eigenvalue weighted by Gasteiger charge is 2.24. The Labute approximate surface area is 171 Å². The van der Waals surface area contributed by atoms with Crippen LogP contribution in [0.3, 0.4) is 0 Å². The molecule has 2 N–H and O–H groups in total. The molecule has 2 aromatic carbocycles. The zero-order chi connectivity index (χ0) is 20.6. The van der Waals surface area contributed by atoms with E-state index in [4.69, 9.17) is 4.74 Å². The summed E-state index contributed by atoms with van der Waals surface area (Å²) < 4.78 is 5.47. The number of hydrogen-bond donors (Lipinski definition) is 2. The number of nitrogens with zero attached hydrogens (tertiary/aromatic N) is 2. The molecule has 3 rings (SSSR count). The summed E-state index contributed by atoms with van der Waals surface area (Å²) >= 11 is 0. The molecule has 0 unspecified atom stereocenters. The van der Waals surface area contributed by atoms with Gasteiger partial charge in [-0.05, 0) is 29.8 Å². The lowest BCUT2D eigenvalue weighted by Gasteiger charge is -2.35. The van der Waals surface area contributed by atoms with E-state index in [1.165, 1.54) is 0 Å². The van der Waals surface area contributed by atoms with Gasteiger partial charge in [0.25, 0.3) is 0 Å². The molecule has 1 saturated heterocycles. The molecule has 29 heavy (non-hydrogen) atoms. The third kappa shape index (κ3) is 5.79. The number of benzene rings is 2. The third-order valence-electron chi connectivity index (χ3n) is 4.97. The maximum Gasteiger partial charge on any atom is 0.313 e. The molecule has 0 aliphatic carbocycles. The zero-order valence-corrected chi connectivity index (χ0v) is 16.9. The largest absolute Gasteiger partial charge is 0.379 e. The maximum atomic E-state index is 12.3. The lowest BCUT2D eigenvalue weighted by molar-refractivity contribution is -0.136. The second-order valence-electron chi connectivity index (χ2n) is 7.18. The molecule has 2 amide bonds. The van der Waals surface area contributed by atoms with E-state index in [-0.39, 0.29) is 6.04 Å². The average Bonchev–Trinajstić information content (AvgIpc) is 2.75. The normalized spacial score (nSPS) is 15.4. The predicted octanol–water partition coefficient (Wildman–Crippen LogP) is 1.88. The van der Waals surface area contributed by atoms with E-state index in [9.17, 15) is 9.59 Å². The molecule has 7 nitrogen and oxygen atoms in total. The van der Waals surface area contributed by atoms with Gasteiger partial charge in [0.1, 0.15) is 0 Å². The number of carbonyl (C=O) groups excluding carboxylic acids is 2. The van der Waals surface area contributed by atoms with Crippen LogP contribution in [0.2, 0.25) is 0 Å². The Balaban J connectivity index is 1.66. The molecule has 1 atom stereocenters. The number of ether oxygens (including phenoxy) is 1. The van der Waals surface area contributed by atoms with Gasteiger partial charge in [-0.2, -0.15) is 0 Å². The van der Waals surface area contributed by atoms with Gasteiger partial charge in [-0.25, -0.2) is 0 Å². The Kier molecular flexibility index (Phi) is 7.21. The van der Waals surface area contributed by atoms with Crippen LogP contribution >= 0.6 is 0 Å². The lowest BCUT2D eigenvalue weighted by Crippen LogP contribution is -2.45. The van der Waals surface area contributed by atoms with Crippen molar-refractivity contribution in [1.82, 2.24) is 10.2 Å². The molecule has 1 aliphatic heterocycles. The third-order valence-corrected chi connectivity index (χ3v) is 4.97. The molecule has 0 aromatic heterocycles. The minimum Gasteiger partial charge on any atom is -0.379 e. The standard InChI is InChI=1S/C22H28N4O3/c1-25(2)19-10-8-17(9-11-19)20(26-12-14-29-15-13-26)16-23-21(27)22(28)24-18-6-4-3-5-7-18/h3-11,20H,12-16H2,1-2H3,(H,23,27)(H,24,28)/t20-/m0/s1. The molecule has 1 heterocycles. The summed E-state index contributed by atoms with van der Waals surface area (Å²) in [7, 11) is 4.00. The molecule has 154 valence electrons. The SMILES string of the molecule is CN(C)c1ccc([C@H](CNC(=O)C(=O)Nc2ccccc2)N2CCOCC2)cc1. The Morgan fingerprint density at radius 3 is 2.28 bits per heavy atom. The van der Waals surface area contributed by atoms with Crippen molar-refractivity contribution < 1.29 is 14.3 Å². The number of rotatable bonds is 6.